The molecule has 9 aliphatic heterocycles. The second kappa shape index (κ2) is 31.7. The first kappa shape index (κ1) is 77.9. The van der Waals surface area contributed by atoms with Crippen LogP contribution in [0.3, 0.4) is 0 Å². The Labute approximate surface area is 706 Å². The summed E-state index contributed by atoms with van der Waals surface area (Å²) in [5.74, 6) is 4.70. The fraction of sp³-hybridized carbons (Fsp3) is 0.356. The molecule has 17 heterocycles. The Morgan fingerprint density at radius 2 is 0.894 bits per heavy atom. The van der Waals surface area contributed by atoms with Gasteiger partial charge >= 0.3 is 0 Å². The van der Waals surface area contributed by atoms with Crippen LogP contribution in [0.4, 0.5) is 57.9 Å². The van der Waals surface area contributed by atoms with E-state index < -0.39 is 0 Å². The smallest absolute Gasteiger partial charge is 0.278 e. The van der Waals surface area contributed by atoms with Crippen molar-refractivity contribution in [2.45, 2.75) is 109 Å². The molecule has 8 aromatic heterocycles. The standard InChI is InChI=1S/C30H30N8O3.2C30H32N8O3/c1-35-17-19-15-20(6-7-22(19)30(18-35)10-11-30)32-29-31-16-21-26(34-29)38-24-9-8-23-27(33-24)36(13-14-41-23)25(39)5-3-2-4-12-37(38)28(21)40;1-30(2)18-35(3)17-19-15-20(8-9-22(19)30)32-29-31-16-21-26(34-29)38-24-11-10-23-27(33-24)36(13-14-41-23)25(39)7-5-4-6-12-37(38)28(21)40;1-34-14-16-35(17-15-34)22-8-6-21(7-9-22)32-30-31-19-24-28(33-30)38-23-10-11-26-25(18-23)36(27(39)20-41-26)12-4-2-3-5-13-37(38)29(24)40/h2,4,6-9,15-16H,3,5,10-14,17-18H2,1H3,(H,31,32,34);4,6,8-11,15-16H,5,7,12-14,17-18H2,1-3H3,(H,31,32,34);3,5-11,18-19H,2,4,12-17,20H2,1H3,(H,31,32,33). The molecule has 628 valence electrons. The molecular formula is C90H94N24O9. The molecule has 0 radical (unpaired) electrons. The van der Waals surface area contributed by atoms with Gasteiger partial charge in [-0.25, -0.2) is 53.0 Å². The van der Waals surface area contributed by atoms with Gasteiger partial charge in [0.25, 0.3) is 22.6 Å². The molecule has 33 heteroatoms. The van der Waals surface area contributed by atoms with Crippen molar-refractivity contribution in [2.24, 2.45) is 0 Å². The van der Waals surface area contributed by atoms with Crippen molar-refractivity contribution in [2.75, 3.05) is 135 Å². The molecule has 6 bridgehead atoms. The van der Waals surface area contributed by atoms with Gasteiger partial charge in [0.05, 0.1) is 44.1 Å². The summed E-state index contributed by atoms with van der Waals surface area (Å²) < 4.78 is 27.4. The lowest BCUT2D eigenvalue weighted by Gasteiger charge is -2.38. The van der Waals surface area contributed by atoms with Gasteiger partial charge in [0.2, 0.25) is 29.7 Å². The maximum absolute atomic E-state index is 13.5. The zero-order valence-corrected chi connectivity index (χ0v) is 69.3. The van der Waals surface area contributed by atoms with Crippen molar-refractivity contribution >= 4 is 109 Å². The fourth-order valence-electron chi connectivity index (χ4n) is 18.5. The van der Waals surface area contributed by atoms with Gasteiger partial charge in [0.15, 0.2) is 58.3 Å². The molecule has 1 spiro atoms. The number of ether oxygens (including phenoxy) is 3. The van der Waals surface area contributed by atoms with Crippen LogP contribution in [0.25, 0.3) is 50.4 Å². The van der Waals surface area contributed by atoms with Crippen LogP contribution in [0.2, 0.25) is 0 Å². The number of hydrogen-bond donors (Lipinski definition) is 3. The predicted molar refractivity (Wildman–Crippen MR) is 469 cm³/mol. The summed E-state index contributed by atoms with van der Waals surface area (Å²) in [6, 6.07) is 34.0. The van der Waals surface area contributed by atoms with Crippen molar-refractivity contribution < 1.29 is 28.6 Å². The summed E-state index contributed by atoms with van der Waals surface area (Å²) in [5.41, 5.74) is 11.8. The number of nitrogens with one attached hydrogen (secondary N) is 3. The minimum Gasteiger partial charge on any atom is -0.488 e. The first-order valence-corrected chi connectivity index (χ1v) is 42.2. The topological polar surface area (TPSA) is 322 Å². The lowest BCUT2D eigenvalue weighted by Crippen LogP contribution is -2.44. The third kappa shape index (κ3) is 14.8. The van der Waals surface area contributed by atoms with E-state index in [4.69, 9.17) is 39.1 Å². The first-order valence-electron chi connectivity index (χ1n) is 42.2. The van der Waals surface area contributed by atoms with Gasteiger partial charge in [-0.2, -0.15) is 15.0 Å². The van der Waals surface area contributed by atoms with E-state index in [1.807, 2.05) is 65.4 Å². The van der Waals surface area contributed by atoms with Gasteiger partial charge in [-0.15, -0.1) is 0 Å². The molecule has 33 nitrogen and oxygen atoms in total. The van der Waals surface area contributed by atoms with Crippen molar-refractivity contribution in [3.05, 3.63) is 211 Å². The number of pyridine rings is 2. The number of fused-ring (bicyclic) bond motifs is 18. The summed E-state index contributed by atoms with van der Waals surface area (Å²) in [6.07, 6.45) is 22.4. The molecular weight excluding hydrogens is 1560 g/mol. The molecule has 12 aromatic rings. The van der Waals surface area contributed by atoms with E-state index in [0.717, 1.165) is 82.3 Å². The highest BCUT2D eigenvalue weighted by atomic mass is 16.5. The molecule has 123 heavy (non-hydrogen) atoms. The van der Waals surface area contributed by atoms with Crippen LogP contribution in [0.15, 0.2) is 173 Å². The second-order valence-corrected chi connectivity index (χ2v) is 33.7. The second-order valence-electron chi connectivity index (χ2n) is 33.7. The zero-order chi connectivity index (χ0) is 83.9. The van der Waals surface area contributed by atoms with Crippen LogP contribution >= 0.6 is 0 Å². The fourth-order valence-corrected chi connectivity index (χ4v) is 18.5. The van der Waals surface area contributed by atoms with E-state index in [2.05, 4.69) is 140 Å². The largest absolute Gasteiger partial charge is 0.488 e. The maximum Gasteiger partial charge on any atom is 0.278 e. The SMILES string of the molecule is CN1CCN(c2ccc(Nc3ncc4c(=O)n5n(c4n3)-c3ccc4c(c3)N(CCCC=CC5)C(=O)CO4)cc2)CC1.CN1Cc2cc(Nc3ncc4c(=O)n5n(c4n3)-c3ccc4c(n3)N(CCO4)C(=O)CCC=CC5)ccc2C(C)(C)C1.CN1Cc2cc(Nc3ncc4c(=O)n5n(c4n3)-c3ccc4c(n3)N(CCO4)C(=O)CCC=CC5)ccc2C2(CC2)C1. The van der Waals surface area contributed by atoms with E-state index in [-0.39, 0.29) is 46.4 Å². The van der Waals surface area contributed by atoms with Crippen molar-refractivity contribution in [3.8, 4) is 34.6 Å². The summed E-state index contributed by atoms with van der Waals surface area (Å²) >= 11 is 0. The van der Waals surface area contributed by atoms with Crippen LogP contribution in [0, 0.1) is 0 Å². The molecule has 22 rings (SSSR count). The normalized spacial score (nSPS) is 18.3. The number of amides is 3. The number of benzene rings is 4. The Hall–Kier alpha value is -13.7. The lowest BCUT2D eigenvalue weighted by molar-refractivity contribution is -0.121. The molecule has 1 saturated heterocycles. The number of hydrogen-bond acceptors (Lipinski definition) is 24. The molecule has 1 aliphatic carbocycles. The number of piperazine rings is 1. The maximum atomic E-state index is 13.5. The predicted octanol–water partition coefficient (Wildman–Crippen LogP) is 9.95. The monoisotopic (exact) mass is 1650 g/mol. The summed E-state index contributed by atoms with van der Waals surface area (Å²) in [5, 5.41) is 11.2. The molecule has 10 aliphatic rings. The van der Waals surface area contributed by atoms with Crippen LogP contribution < -0.4 is 66.4 Å². The molecule has 4 aromatic carbocycles. The minimum absolute atomic E-state index is 0.00293. The highest BCUT2D eigenvalue weighted by molar-refractivity contribution is 5.99. The Morgan fingerprint density at radius 1 is 0.415 bits per heavy atom. The number of nitrogens with zero attached hydrogens (tertiary/aromatic N) is 21. The van der Waals surface area contributed by atoms with E-state index in [9.17, 15) is 28.8 Å². The van der Waals surface area contributed by atoms with Crippen LogP contribution in [-0.2, 0) is 57.9 Å². The number of allylic oxidation sites excluding steroid dienone is 6. The van der Waals surface area contributed by atoms with E-state index in [1.165, 1.54) is 40.8 Å². The van der Waals surface area contributed by atoms with Gasteiger partial charge in [0.1, 0.15) is 35.1 Å². The number of likely N-dealkylation sites (N-methyl/N-ethyl adjacent to an activating group) is 3. The molecule has 2 fully saturated rings. The Bertz CT molecular complexity index is 6290. The number of carbonyl (C=O) groups is 3. The summed E-state index contributed by atoms with van der Waals surface area (Å²) in [4.78, 5) is 131. The van der Waals surface area contributed by atoms with Gasteiger partial charge in [-0.05, 0) is 173 Å². The highest BCUT2D eigenvalue weighted by Crippen LogP contribution is 2.53. The molecule has 3 N–H and O–H groups in total. The molecule has 0 atom stereocenters. The Morgan fingerprint density at radius 3 is 1.45 bits per heavy atom. The van der Waals surface area contributed by atoms with Crippen molar-refractivity contribution in [1.29, 1.82) is 0 Å². The average molecular weight is 1660 g/mol. The number of rotatable bonds is 7. The third-order valence-corrected chi connectivity index (χ3v) is 24.6. The first-order chi connectivity index (χ1) is 59.8. The van der Waals surface area contributed by atoms with E-state index in [0.29, 0.717) is 186 Å². The lowest BCUT2D eigenvalue weighted by atomic mass is 9.78. The molecule has 3 amide bonds. The van der Waals surface area contributed by atoms with Gasteiger partial charge < -0.3 is 54.7 Å². The highest BCUT2D eigenvalue weighted by Gasteiger charge is 2.48. The Balaban J connectivity index is 0.000000117. The summed E-state index contributed by atoms with van der Waals surface area (Å²) in [7, 11) is 6.47. The van der Waals surface area contributed by atoms with E-state index >= 15 is 0 Å². The van der Waals surface area contributed by atoms with E-state index in [1.54, 1.807) is 81.0 Å². The van der Waals surface area contributed by atoms with Crippen molar-refractivity contribution in [1.82, 2.24) is 82.7 Å². The average Bonchev–Trinajstić information content (AvgIpc) is 1.59. The van der Waals surface area contributed by atoms with Crippen LogP contribution in [0.5, 0.6) is 17.2 Å². The molecule has 0 unspecified atom stereocenters. The van der Waals surface area contributed by atoms with Gasteiger partial charge in [-0.3, -0.25) is 38.6 Å². The number of carbonyl (C=O) groups excluding carboxylic acids is 3. The zero-order valence-electron chi connectivity index (χ0n) is 69.3. The summed E-state index contributed by atoms with van der Waals surface area (Å²) in [6.45, 7) is 15.9. The molecule has 1 saturated carbocycles. The van der Waals surface area contributed by atoms with Crippen LogP contribution in [0.1, 0.15) is 87.5 Å². The van der Waals surface area contributed by atoms with Gasteiger partial charge in [-0.1, -0.05) is 62.4 Å². The number of aromatic nitrogens is 14. The minimum atomic E-state index is -0.212. The van der Waals surface area contributed by atoms with Crippen molar-refractivity contribution in [3.63, 3.8) is 0 Å². The van der Waals surface area contributed by atoms with Crippen LogP contribution in [-0.4, -0.2) is 200 Å². The number of anilines is 10. The van der Waals surface area contributed by atoms with Gasteiger partial charge in [0, 0.05) is 124 Å². The quantitative estimate of drug-likeness (QED) is 0.125. The Kier molecular flexibility index (Phi) is 20.1. The third-order valence-electron chi connectivity index (χ3n) is 24.6.